The summed E-state index contributed by atoms with van der Waals surface area (Å²) in [5, 5.41) is 4.28. The normalized spacial score (nSPS) is 23.1. The first-order chi connectivity index (χ1) is 18.0. The van der Waals surface area contributed by atoms with Crippen LogP contribution in [0.2, 0.25) is 5.02 Å². The van der Waals surface area contributed by atoms with E-state index in [4.69, 9.17) is 40.0 Å². The monoisotopic (exact) mass is 523 g/mol. The quantitative estimate of drug-likeness (QED) is 0.442. The minimum absolute atomic E-state index is 0.139. The Labute approximate surface area is 219 Å². The summed E-state index contributed by atoms with van der Waals surface area (Å²) >= 11 is 6.11. The summed E-state index contributed by atoms with van der Waals surface area (Å²) in [5.41, 5.74) is 3.71. The van der Waals surface area contributed by atoms with Gasteiger partial charge in [-0.1, -0.05) is 11.6 Å². The molecular formula is C28H26ClNO7. The number of fused-ring (bicyclic) bond motifs is 3. The van der Waals surface area contributed by atoms with Crippen molar-refractivity contribution in [2.24, 2.45) is 11.8 Å². The first-order valence-corrected chi connectivity index (χ1v) is 12.3. The Morgan fingerprint density at radius 2 is 1.51 bits per heavy atom. The highest BCUT2D eigenvalue weighted by Gasteiger charge is 2.52. The van der Waals surface area contributed by atoms with Crippen LogP contribution in [0, 0.1) is 11.8 Å². The Balaban J connectivity index is 1.54. The summed E-state index contributed by atoms with van der Waals surface area (Å²) in [4.78, 5) is 13.3. The molecule has 0 bridgehead atoms. The van der Waals surface area contributed by atoms with Crippen LogP contribution in [0.5, 0.6) is 28.7 Å². The summed E-state index contributed by atoms with van der Waals surface area (Å²) in [6.07, 6.45) is 0. The molecule has 0 saturated carbocycles. The van der Waals surface area contributed by atoms with E-state index in [0.717, 1.165) is 22.4 Å². The molecule has 6 rings (SSSR count). The average Bonchev–Trinajstić information content (AvgIpc) is 3.54. The molecule has 0 unspecified atom stereocenters. The summed E-state index contributed by atoms with van der Waals surface area (Å²) in [5.74, 6) is 1.69. The van der Waals surface area contributed by atoms with Gasteiger partial charge in [0.25, 0.3) is 0 Å². The lowest BCUT2D eigenvalue weighted by atomic mass is 9.65. The van der Waals surface area contributed by atoms with Gasteiger partial charge in [-0.2, -0.15) is 0 Å². The van der Waals surface area contributed by atoms with Crippen molar-refractivity contribution in [1.82, 2.24) is 0 Å². The van der Waals surface area contributed by atoms with Gasteiger partial charge in [0.1, 0.15) is 0 Å². The second-order valence-electron chi connectivity index (χ2n) is 9.22. The molecule has 1 N–H and O–H groups in total. The Kier molecular flexibility index (Phi) is 5.91. The van der Waals surface area contributed by atoms with Gasteiger partial charge < -0.3 is 33.7 Å². The third kappa shape index (κ3) is 3.87. The fraction of sp³-hybridized carbons (Fsp3) is 0.321. The highest BCUT2D eigenvalue weighted by atomic mass is 35.5. The first-order valence-electron chi connectivity index (χ1n) is 11.9. The number of carbonyl (C=O) groups excluding carboxylic acids is 1. The summed E-state index contributed by atoms with van der Waals surface area (Å²) < 4.78 is 33.9. The number of hydrogen-bond donors (Lipinski definition) is 1. The Hall–Kier alpha value is -3.78. The van der Waals surface area contributed by atoms with E-state index in [9.17, 15) is 4.79 Å². The van der Waals surface area contributed by atoms with Crippen LogP contribution in [-0.4, -0.2) is 40.7 Å². The molecule has 9 heteroatoms. The van der Waals surface area contributed by atoms with Crippen LogP contribution < -0.4 is 29.0 Å². The van der Waals surface area contributed by atoms with Crippen molar-refractivity contribution >= 4 is 23.3 Å². The van der Waals surface area contributed by atoms with Crippen molar-refractivity contribution in [3.63, 3.8) is 0 Å². The van der Waals surface area contributed by atoms with Crippen molar-refractivity contribution in [2.45, 2.75) is 12.0 Å². The van der Waals surface area contributed by atoms with E-state index in [1.165, 1.54) is 0 Å². The zero-order valence-electron chi connectivity index (χ0n) is 20.6. The van der Waals surface area contributed by atoms with Gasteiger partial charge in [0.05, 0.1) is 39.9 Å². The number of ether oxygens (including phenoxy) is 6. The molecule has 1 fully saturated rings. The van der Waals surface area contributed by atoms with Crippen molar-refractivity contribution in [2.75, 3.05) is 40.0 Å². The lowest BCUT2D eigenvalue weighted by Gasteiger charge is -2.40. The Bertz CT molecular complexity index is 1330. The largest absolute Gasteiger partial charge is 0.493 e. The molecule has 192 valence electrons. The third-order valence-electron chi connectivity index (χ3n) is 7.40. The van der Waals surface area contributed by atoms with Gasteiger partial charge in [-0.3, -0.25) is 4.79 Å². The number of cyclic esters (lactones) is 1. The first kappa shape index (κ1) is 23.6. The highest BCUT2D eigenvalue weighted by molar-refractivity contribution is 6.30. The molecule has 2 heterocycles. The van der Waals surface area contributed by atoms with Crippen LogP contribution in [0.1, 0.15) is 28.7 Å². The fourth-order valence-electron chi connectivity index (χ4n) is 5.75. The summed E-state index contributed by atoms with van der Waals surface area (Å²) in [6, 6.07) is 15.1. The number of methoxy groups -OCH3 is 3. The predicted octanol–water partition coefficient (Wildman–Crippen LogP) is 5.18. The van der Waals surface area contributed by atoms with E-state index in [1.54, 1.807) is 21.3 Å². The number of nitrogens with one attached hydrogen (secondary N) is 1. The maximum absolute atomic E-state index is 13.3. The number of hydrogen-bond acceptors (Lipinski definition) is 8. The number of rotatable bonds is 6. The number of anilines is 1. The lowest BCUT2D eigenvalue weighted by molar-refractivity contribution is -0.141. The molecule has 1 aliphatic carbocycles. The molecule has 3 aliphatic rings. The van der Waals surface area contributed by atoms with Crippen LogP contribution in [0.4, 0.5) is 5.69 Å². The van der Waals surface area contributed by atoms with Gasteiger partial charge in [-0.15, -0.1) is 0 Å². The topological polar surface area (TPSA) is 84.5 Å². The smallest absolute Gasteiger partial charge is 0.310 e. The maximum Gasteiger partial charge on any atom is 0.310 e. The van der Waals surface area contributed by atoms with Gasteiger partial charge in [0.15, 0.2) is 23.0 Å². The lowest BCUT2D eigenvalue weighted by Crippen LogP contribution is -2.37. The molecule has 0 aromatic heterocycles. The molecule has 0 amide bonds. The summed E-state index contributed by atoms with van der Waals surface area (Å²) in [6.45, 7) is 0.445. The molecular weight excluding hydrogens is 498 g/mol. The van der Waals surface area contributed by atoms with E-state index in [-0.39, 0.29) is 30.6 Å². The van der Waals surface area contributed by atoms with E-state index < -0.39 is 5.92 Å². The maximum atomic E-state index is 13.3. The SMILES string of the molecule is COc1cc([C@@H]2c3cc4c(cc3[C@@H](Nc3ccc(Cl)cc3)[C@H]3COC(=O)[C@H]23)OCO4)cc(OC)c1OC. The van der Waals surface area contributed by atoms with Crippen LogP contribution >= 0.6 is 11.6 Å². The van der Waals surface area contributed by atoms with Gasteiger partial charge in [0, 0.05) is 22.5 Å². The fourth-order valence-corrected chi connectivity index (χ4v) is 5.88. The zero-order valence-corrected chi connectivity index (χ0v) is 21.3. The highest BCUT2D eigenvalue weighted by Crippen LogP contribution is 2.56. The Morgan fingerprint density at radius 1 is 0.865 bits per heavy atom. The zero-order chi connectivity index (χ0) is 25.7. The molecule has 1 saturated heterocycles. The van der Waals surface area contributed by atoms with E-state index in [1.807, 2.05) is 48.5 Å². The van der Waals surface area contributed by atoms with Crippen LogP contribution in [0.3, 0.4) is 0 Å². The van der Waals surface area contributed by atoms with Crippen LogP contribution in [0.25, 0.3) is 0 Å². The standard InChI is InChI=1S/C28H26ClNO7/c1-32-22-8-14(9-23(33-2)27(22)34-3)24-17-10-20-21(37-13-36-20)11-18(17)26(19-12-35-28(31)25(19)24)30-16-6-4-15(29)5-7-16/h4-11,19,24-26,30H,12-13H2,1-3H3/t19-,24+,25-,26+/m0/s1. The number of carbonyl (C=O) groups is 1. The third-order valence-corrected chi connectivity index (χ3v) is 7.65. The van der Waals surface area contributed by atoms with Gasteiger partial charge in [-0.25, -0.2) is 0 Å². The molecule has 3 aromatic carbocycles. The van der Waals surface area contributed by atoms with Crippen molar-refractivity contribution in [3.8, 4) is 28.7 Å². The molecule has 37 heavy (non-hydrogen) atoms. The number of benzene rings is 3. The molecule has 3 aromatic rings. The number of halogens is 1. The second kappa shape index (κ2) is 9.27. The van der Waals surface area contributed by atoms with Gasteiger partial charge in [-0.05, 0) is 65.2 Å². The molecule has 2 aliphatic heterocycles. The van der Waals surface area contributed by atoms with Gasteiger partial charge in [0.2, 0.25) is 12.5 Å². The molecule has 4 atom stereocenters. The minimum Gasteiger partial charge on any atom is -0.493 e. The molecule has 0 spiro atoms. The van der Waals surface area contributed by atoms with E-state index in [0.29, 0.717) is 40.4 Å². The number of esters is 1. The molecule has 8 nitrogen and oxygen atoms in total. The van der Waals surface area contributed by atoms with E-state index >= 15 is 0 Å². The predicted molar refractivity (Wildman–Crippen MR) is 136 cm³/mol. The van der Waals surface area contributed by atoms with Crippen LogP contribution in [0.15, 0.2) is 48.5 Å². The van der Waals surface area contributed by atoms with Crippen molar-refractivity contribution < 1.29 is 33.2 Å². The second-order valence-corrected chi connectivity index (χ2v) is 9.66. The van der Waals surface area contributed by atoms with Crippen molar-refractivity contribution in [3.05, 3.63) is 70.2 Å². The van der Waals surface area contributed by atoms with Crippen molar-refractivity contribution in [1.29, 1.82) is 0 Å². The molecule has 0 radical (unpaired) electrons. The van der Waals surface area contributed by atoms with E-state index in [2.05, 4.69) is 5.32 Å². The summed E-state index contributed by atoms with van der Waals surface area (Å²) in [7, 11) is 4.72. The average molecular weight is 524 g/mol. The van der Waals surface area contributed by atoms with Crippen LogP contribution in [-0.2, 0) is 9.53 Å². The minimum atomic E-state index is -0.444. The Morgan fingerprint density at radius 3 is 2.14 bits per heavy atom. The van der Waals surface area contributed by atoms with Gasteiger partial charge >= 0.3 is 5.97 Å².